The molecule has 2 aromatic heterocycles. The zero-order valence-electron chi connectivity index (χ0n) is 12.6. The molecule has 0 unspecified atom stereocenters. The Morgan fingerprint density at radius 1 is 1.11 bits per heavy atom. The minimum Gasteiger partial charge on any atom is -0.310 e. The van der Waals surface area contributed by atoms with Crippen LogP contribution in [0.25, 0.3) is 11.5 Å². The van der Waals surface area contributed by atoms with Gasteiger partial charge in [0.1, 0.15) is 16.6 Å². The number of rotatable bonds is 2. The first-order valence-electron chi connectivity index (χ1n) is 6.71. The van der Waals surface area contributed by atoms with Crippen LogP contribution in [0.1, 0.15) is 47.6 Å². The highest BCUT2D eigenvalue weighted by molar-refractivity contribution is 9.10. The lowest BCUT2D eigenvalue weighted by Gasteiger charge is -2.09. The molecule has 0 saturated heterocycles. The summed E-state index contributed by atoms with van der Waals surface area (Å²) in [7, 11) is 0. The van der Waals surface area contributed by atoms with Crippen molar-refractivity contribution in [3.63, 3.8) is 0 Å². The molecule has 106 valence electrons. The molecule has 5 heteroatoms. The summed E-state index contributed by atoms with van der Waals surface area (Å²) >= 11 is 3.34. The van der Waals surface area contributed by atoms with Gasteiger partial charge in [0.15, 0.2) is 5.82 Å². The molecule has 0 spiro atoms. The fourth-order valence-corrected chi connectivity index (χ4v) is 1.68. The Labute approximate surface area is 124 Å². The molecule has 2 aromatic rings. The molecular weight excluding hydrogens is 304 g/mol. The molecule has 0 aliphatic rings. The largest absolute Gasteiger partial charge is 0.310 e. The summed E-state index contributed by atoms with van der Waals surface area (Å²) in [6.45, 7) is 12.2. The average molecular weight is 327 g/mol. The summed E-state index contributed by atoms with van der Waals surface area (Å²) in [6.07, 6.45) is 1.72. The van der Waals surface area contributed by atoms with Gasteiger partial charge in [-0.3, -0.25) is 0 Å². The monoisotopic (exact) mass is 326 g/mol. The molecule has 0 radical (unpaired) electrons. The van der Waals surface area contributed by atoms with Gasteiger partial charge >= 0.3 is 0 Å². The van der Waals surface area contributed by atoms with Gasteiger partial charge in [0, 0.05) is 6.04 Å². The number of halogens is 1. The molecule has 4 nitrogen and oxygen atoms in total. The molecule has 0 N–H and O–H groups in total. The number of hydrogen-bond donors (Lipinski definition) is 0. The zero-order chi connectivity index (χ0) is 14.8. The van der Waals surface area contributed by atoms with E-state index in [9.17, 15) is 0 Å². The van der Waals surface area contributed by atoms with Crippen LogP contribution >= 0.6 is 15.9 Å². The van der Waals surface area contributed by atoms with E-state index in [4.69, 9.17) is 0 Å². The molecule has 0 aliphatic carbocycles. The minimum atomic E-state index is 0.329. The molecule has 0 fully saturated rings. The molecule has 0 saturated carbocycles. The number of pyridine rings is 1. The van der Waals surface area contributed by atoms with E-state index in [0.29, 0.717) is 6.04 Å². The molecule has 0 amide bonds. The molecule has 0 aromatic carbocycles. The Hall–Kier alpha value is -1.23. The van der Waals surface area contributed by atoms with Crippen molar-refractivity contribution in [2.75, 3.05) is 0 Å². The first-order chi connectivity index (χ1) is 9.18. The van der Waals surface area contributed by atoms with Gasteiger partial charge < -0.3 is 4.57 Å². The van der Waals surface area contributed by atoms with E-state index in [1.165, 1.54) is 0 Å². The number of aromatic nitrogens is 4. The molecule has 0 atom stereocenters. The van der Waals surface area contributed by atoms with E-state index < -0.39 is 0 Å². The summed E-state index contributed by atoms with van der Waals surface area (Å²) < 4.78 is 2.80. The Morgan fingerprint density at radius 2 is 1.74 bits per heavy atom. The number of nitrogens with zero attached hydrogens (tertiary/aromatic N) is 4. The van der Waals surface area contributed by atoms with Crippen molar-refractivity contribution in [2.45, 2.75) is 47.6 Å². The second kappa shape index (κ2) is 9.67. The van der Waals surface area contributed by atoms with Crippen LogP contribution in [0.2, 0.25) is 0 Å². The third-order valence-corrected chi connectivity index (χ3v) is 2.52. The van der Waals surface area contributed by atoms with Crippen molar-refractivity contribution < 1.29 is 0 Å². The Morgan fingerprint density at radius 3 is 2.26 bits per heavy atom. The van der Waals surface area contributed by atoms with E-state index in [1.54, 1.807) is 6.33 Å². The Bertz CT molecular complexity index is 466. The third kappa shape index (κ3) is 5.11. The molecular formula is C14H23BrN4. The smallest absolute Gasteiger partial charge is 0.182 e. The number of hydrogen-bond acceptors (Lipinski definition) is 3. The predicted octanol–water partition coefficient (Wildman–Crippen LogP) is 4.74. The lowest BCUT2D eigenvalue weighted by atomic mass is 10.3. The fourth-order valence-electron chi connectivity index (χ4n) is 1.34. The summed E-state index contributed by atoms with van der Waals surface area (Å²) in [5.74, 6) is 0.798. The summed E-state index contributed by atoms with van der Waals surface area (Å²) in [5, 5.41) is 7.99. The second-order valence-corrected chi connectivity index (χ2v) is 4.31. The normalized spacial score (nSPS) is 9.26. The van der Waals surface area contributed by atoms with Crippen LogP contribution < -0.4 is 0 Å². The highest BCUT2D eigenvalue weighted by Gasteiger charge is 2.10. The minimum absolute atomic E-state index is 0.329. The van der Waals surface area contributed by atoms with Crippen molar-refractivity contribution in [3.05, 3.63) is 29.1 Å². The topological polar surface area (TPSA) is 43.6 Å². The van der Waals surface area contributed by atoms with E-state index in [1.807, 2.05) is 50.5 Å². The maximum Gasteiger partial charge on any atom is 0.182 e. The zero-order valence-corrected chi connectivity index (χ0v) is 14.1. The van der Waals surface area contributed by atoms with Gasteiger partial charge in [-0.1, -0.05) is 33.8 Å². The Kier molecular flexibility index (Phi) is 9.04. The molecule has 0 aliphatic heterocycles. The van der Waals surface area contributed by atoms with Crippen LogP contribution in [0.3, 0.4) is 0 Å². The van der Waals surface area contributed by atoms with Gasteiger partial charge in [-0.2, -0.15) is 0 Å². The van der Waals surface area contributed by atoms with Gasteiger partial charge in [-0.05, 0) is 41.9 Å². The van der Waals surface area contributed by atoms with E-state index >= 15 is 0 Å². The van der Waals surface area contributed by atoms with Crippen molar-refractivity contribution in [1.82, 2.24) is 19.7 Å². The van der Waals surface area contributed by atoms with Gasteiger partial charge in [-0.25, -0.2) is 4.98 Å². The fraction of sp³-hybridized carbons (Fsp3) is 0.500. The second-order valence-electron chi connectivity index (χ2n) is 3.50. The van der Waals surface area contributed by atoms with Crippen molar-refractivity contribution in [1.29, 1.82) is 0 Å². The quantitative estimate of drug-likeness (QED) is 0.749. The van der Waals surface area contributed by atoms with E-state index in [2.05, 4.69) is 45.0 Å². The van der Waals surface area contributed by atoms with Crippen molar-refractivity contribution in [2.24, 2.45) is 0 Å². The molecule has 0 bridgehead atoms. The Balaban J connectivity index is 0.000000741. The van der Waals surface area contributed by atoms with Gasteiger partial charge in [0.25, 0.3) is 0 Å². The maximum absolute atomic E-state index is 4.35. The first-order valence-corrected chi connectivity index (χ1v) is 7.50. The molecule has 2 rings (SSSR count). The first kappa shape index (κ1) is 17.8. The predicted molar refractivity (Wildman–Crippen MR) is 84.0 cm³/mol. The summed E-state index contributed by atoms with van der Waals surface area (Å²) in [6, 6.07) is 6.08. The van der Waals surface area contributed by atoms with Crippen molar-refractivity contribution in [3.8, 4) is 11.5 Å². The van der Waals surface area contributed by atoms with Crippen LogP contribution in [0.4, 0.5) is 0 Å². The lowest BCUT2D eigenvalue weighted by molar-refractivity contribution is 0.603. The summed E-state index contributed by atoms with van der Waals surface area (Å²) in [4.78, 5) is 4.35. The van der Waals surface area contributed by atoms with Crippen LogP contribution in [0.15, 0.2) is 29.1 Å². The van der Waals surface area contributed by atoms with Crippen LogP contribution in [0.5, 0.6) is 0 Å². The molecule has 2 heterocycles. The SMILES string of the molecule is CC.CC.CC(C)n1cnnc1-c1cccc(Br)n1. The van der Waals surface area contributed by atoms with Gasteiger partial charge in [-0.15, -0.1) is 10.2 Å². The highest BCUT2D eigenvalue weighted by Crippen LogP contribution is 2.19. The van der Waals surface area contributed by atoms with Crippen molar-refractivity contribution >= 4 is 15.9 Å². The summed E-state index contributed by atoms with van der Waals surface area (Å²) in [5.41, 5.74) is 0.829. The highest BCUT2D eigenvalue weighted by atomic mass is 79.9. The average Bonchev–Trinajstić information content (AvgIpc) is 2.93. The van der Waals surface area contributed by atoms with Gasteiger partial charge in [0.2, 0.25) is 0 Å². The molecule has 19 heavy (non-hydrogen) atoms. The van der Waals surface area contributed by atoms with Crippen LogP contribution in [0, 0.1) is 0 Å². The van der Waals surface area contributed by atoms with Crippen LogP contribution in [-0.2, 0) is 0 Å². The van der Waals surface area contributed by atoms with E-state index in [-0.39, 0.29) is 0 Å². The lowest BCUT2D eigenvalue weighted by Crippen LogP contribution is -2.02. The maximum atomic E-state index is 4.35. The third-order valence-electron chi connectivity index (χ3n) is 2.07. The standard InChI is InChI=1S/C10H11BrN4.2C2H6/c1-7(2)15-6-12-14-10(15)8-4-3-5-9(11)13-8;2*1-2/h3-7H,1-2H3;2*1-2H3. The van der Waals surface area contributed by atoms with E-state index in [0.717, 1.165) is 16.1 Å². The van der Waals surface area contributed by atoms with Crippen LogP contribution in [-0.4, -0.2) is 19.7 Å². The van der Waals surface area contributed by atoms with Gasteiger partial charge in [0.05, 0.1) is 0 Å².